The van der Waals surface area contributed by atoms with E-state index in [9.17, 15) is 9.59 Å². The maximum atomic E-state index is 13.1. The summed E-state index contributed by atoms with van der Waals surface area (Å²) in [6.07, 6.45) is 1.32. The Morgan fingerprint density at radius 3 is 2.62 bits per heavy atom. The number of hydrogen-bond acceptors (Lipinski definition) is 6. The van der Waals surface area contributed by atoms with Crippen LogP contribution in [0.4, 0.5) is 0 Å². The smallest absolute Gasteiger partial charge is 0.273 e. The summed E-state index contributed by atoms with van der Waals surface area (Å²) in [5, 5.41) is 2.80. The molecule has 0 fully saturated rings. The zero-order chi connectivity index (χ0) is 21.0. The van der Waals surface area contributed by atoms with Crippen molar-refractivity contribution in [2.75, 3.05) is 19.9 Å². The second-order valence-corrected chi connectivity index (χ2v) is 7.88. The Hall–Kier alpha value is -3.03. The van der Waals surface area contributed by atoms with Crippen molar-refractivity contribution in [3.8, 4) is 11.5 Å². The van der Waals surface area contributed by atoms with Gasteiger partial charge in [0, 0.05) is 18.7 Å². The van der Waals surface area contributed by atoms with Gasteiger partial charge >= 0.3 is 0 Å². The van der Waals surface area contributed by atoms with Crippen LogP contribution in [0.1, 0.15) is 54.4 Å². The first-order valence-electron chi connectivity index (χ1n) is 9.75. The van der Waals surface area contributed by atoms with Crippen LogP contribution in [-0.2, 0) is 6.54 Å². The molecule has 1 aliphatic heterocycles. The highest BCUT2D eigenvalue weighted by atomic mass is 16.7. The minimum absolute atomic E-state index is 0.153. The largest absolute Gasteiger partial charge is 0.454 e. The molecule has 0 unspecified atom stereocenters. The number of fused-ring (bicyclic) bond motifs is 1. The minimum Gasteiger partial charge on any atom is -0.454 e. The minimum atomic E-state index is -0.286. The SMILES string of the molecule is CC(C)CNC(=O)c1coc(CN(CC(C)C)C(=O)c2ccc3c(c2)OCO3)n1. The number of nitrogens with one attached hydrogen (secondary N) is 1. The van der Waals surface area contributed by atoms with Crippen LogP contribution in [0.2, 0.25) is 0 Å². The second kappa shape index (κ2) is 8.98. The molecule has 2 aromatic rings. The molecule has 1 aliphatic rings. The molecule has 1 aromatic carbocycles. The van der Waals surface area contributed by atoms with Gasteiger partial charge in [-0.25, -0.2) is 4.98 Å². The molecule has 156 valence electrons. The zero-order valence-electron chi connectivity index (χ0n) is 17.2. The number of ether oxygens (including phenoxy) is 2. The number of carbonyl (C=O) groups excluding carboxylic acids is 2. The van der Waals surface area contributed by atoms with Crippen LogP contribution in [0.3, 0.4) is 0 Å². The third-order valence-corrected chi connectivity index (χ3v) is 4.27. The van der Waals surface area contributed by atoms with Gasteiger partial charge in [-0.3, -0.25) is 9.59 Å². The van der Waals surface area contributed by atoms with E-state index in [1.54, 1.807) is 23.1 Å². The van der Waals surface area contributed by atoms with Crippen molar-refractivity contribution in [3.05, 3.63) is 41.6 Å². The Balaban J connectivity index is 1.72. The van der Waals surface area contributed by atoms with Crippen LogP contribution in [0.15, 0.2) is 28.9 Å². The van der Waals surface area contributed by atoms with Gasteiger partial charge in [0.25, 0.3) is 11.8 Å². The van der Waals surface area contributed by atoms with Crippen molar-refractivity contribution < 1.29 is 23.5 Å². The average Bonchev–Trinajstić information content (AvgIpc) is 3.33. The van der Waals surface area contributed by atoms with Crippen LogP contribution in [0.25, 0.3) is 0 Å². The van der Waals surface area contributed by atoms with Crippen LogP contribution in [-0.4, -0.2) is 41.6 Å². The lowest BCUT2D eigenvalue weighted by atomic mass is 10.1. The maximum absolute atomic E-state index is 13.1. The molecular formula is C21H27N3O5. The van der Waals surface area contributed by atoms with Gasteiger partial charge in [-0.15, -0.1) is 0 Å². The first kappa shape index (κ1) is 20.7. The molecule has 0 atom stereocenters. The Morgan fingerprint density at radius 2 is 1.90 bits per heavy atom. The molecule has 0 radical (unpaired) electrons. The summed E-state index contributed by atoms with van der Waals surface area (Å²) in [6, 6.07) is 5.12. The van der Waals surface area contributed by atoms with Crippen molar-refractivity contribution in [2.45, 2.75) is 34.2 Å². The number of rotatable bonds is 8. The van der Waals surface area contributed by atoms with E-state index in [1.807, 2.05) is 27.7 Å². The Bertz CT molecular complexity index is 875. The lowest BCUT2D eigenvalue weighted by Crippen LogP contribution is -2.34. The number of nitrogens with zero attached hydrogens (tertiary/aromatic N) is 2. The van der Waals surface area contributed by atoms with E-state index in [2.05, 4.69) is 10.3 Å². The molecule has 0 spiro atoms. The molecule has 1 N–H and O–H groups in total. The summed E-state index contributed by atoms with van der Waals surface area (Å²) in [5.74, 6) is 1.63. The molecule has 2 heterocycles. The normalized spacial score (nSPS) is 12.5. The molecule has 0 saturated carbocycles. The molecule has 2 amide bonds. The first-order chi connectivity index (χ1) is 13.8. The summed E-state index contributed by atoms with van der Waals surface area (Å²) in [4.78, 5) is 31.1. The van der Waals surface area contributed by atoms with Gasteiger partial charge in [-0.1, -0.05) is 27.7 Å². The highest BCUT2D eigenvalue weighted by Gasteiger charge is 2.23. The lowest BCUT2D eigenvalue weighted by molar-refractivity contribution is 0.0706. The van der Waals surface area contributed by atoms with E-state index in [0.717, 1.165) is 0 Å². The first-order valence-corrected chi connectivity index (χ1v) is 9.75. The predicted octanol–water partition coefficient (Wildman–Crippen LogP) is 3.09. The number of aromatic nitrogens is 1. The van der Waals surface area contributed by atoms with Gasteiger partial charge in [0.2, 0.25) is 12.7 Å². The molecule has 1 aromatic heterocycles. The van der Waals surface area contributed by atoms with Gasteiger partial charge in [-0.05, 0) is 30.0 Å². The van der Waals surface area contributed by atoms with E-state index in [0.29, 0.717) is 42.0 Å². The third-order valence-electron chi connectivity index (χ3n) is 4.27. The summed E-state index contributed by atoms with van der Waals surface area (Å²) in [6.45, 7) is 9.48. The van der Waals surface area contributed by atoms with Crippen LogP contribution >= 0.6 is 0 Å². The summed E-state index contributed by atoms with van der Waals surface area (Å²) >= 11 is 0. The van der Waals surface area contributed by atoms with Gasteiger partial charge < -0.3 is 24.1 Å². The van der Waals surface area contributed by atoms with Crippen molar-refractivity contribution in [1.29, 1.82) is 0 Å². The van der Waals surface area contributed by atoms with Crippen molar-refractivity contribution in [2.24, 2.45) is 11.8 Å². The van der Waals surface area contributed by atoms with Crippen molar-refractivity contribution in [1.82, 2.24) is 15.2 Å². The molecule has 0 bridgehead atoms. The van der Waals surface area contributed by atoms with Gasteiger partial charge in [-0.2, -0.15) is 0 Å². The Morgan fingerprint density at radius 1 is 1.14 bits per heavy atom. The molecule has 8 heteroatoms. The molecule has 0 aliphatic carbocycles. The van der Waals surface area contributed by atoms with E-state index in [-0.39, 0.29) is 36.8 Å². The Kier molecular flexibility index (Phi) is 6.41. The fourth-order valence-corrected chi connectivity index (χ4v) is 2.91. The van der Waals surface area contributed by atoms with E-state index in [1.165, 1.54) is 6.26 Å². The van der Waals surface area contributed by atoms with Crippen LogP contribution in [0, 0.1) is 11.8 Å². The predicted molar refractivity (Wildman–Crippen MR) is 106 cm³/mol. The van der Waals surface area contributed by atoms with Crippen molar-refractivity contribution in [3.63, 3.8) is 0 Å². The Labute approximate surface area is 170 Å². The number of hydrogen-bond donors (Lipinski definition) is 1. The second-order valence-electron chi connectivity index (χ2n) is 7.88. The maximum Gasteiger partial charge on any atom is 0.273 e. The quantitative estimate of drug-likeness (QED) is 0.731. The van der Waals surface area contributed by atoms with Crippen LogP contribution < -0.4 is 14.8 Å². The van der Waals surface area contributed by atoms with Gasteiger partial charge in [0.15, 0.2) is 17.2 Å². The molecular weight excluding hydrogens is 374 g/mol. The van der Waals surface area contributed by atoms with E-state index < -0.39 is 0 Å². The zero-order valence-corrected chi connectivity index (χ0v) is 17.2. The highest BCUT2D eigenvalue weighted by Crippen LogP contribution is 2.33. The molecule has 3 rings (SSSR count). The molecule has 29 heavy (non-hydrogen) atoms. The lowest BCUT2D eigenvalue weighted by Gasteiger charge is -2.23. The van der Waals surface area contributed by atoms with Crippen LogP contribution in [0.5, 0.6) is 11.5 Å². The monoisotopic (exact) mass is 401 g/mol. The molecule has 8 nitrogen and oxygen atoms in total. The fourth-order valence-electron chi connectivity index (χ4n) is 2.91. The number of benzene rings is 1. The van der Waals surface area contributed by atoms with E-state index in [4.69, 9.17) is 13.9 Å². The highest BCUT2D eigenvalue weighted by molar-refractivity contribution is 5.95. The standard InChI is InChI=1S/C21H27N3O5/c1-13(2)8-22-20(25)16-11-27-19(23-16)10-24(9-14(3)4)21(26)15-5-6-17-18(7-15)29-12-28-17/h5-7,11,13-14H,8-10,12H2,1-4H3,(H,22,25). The summed E-state index contributed by atoms with van der Waals surface area (Å²) in [5.41, 5.74) is 0.706. The van der Waals surface area contributed by atoms with Crippen molar-refractivity contribution >= 4 is 11.8 Å². The third kappa shape index (κ3) is 5.28. The van der Waals surface area contributed by atoms with Gasteiger partial charge in [0.1, 0.15) is 6.26 Å². The molecule has 0 saturated heterocycles. The fraction of sp³-hybridized carbons (Fsp3) is 0.476. The van der Waals surface area contributed by atoms with Gasteiger partial charge in [0.05, 0.1) is 6.54 Å². The number of amides is 2. The summed E-state index contributed by atoms with van der Waals surface area (Å²) in [7, 11) is 0. The average molecular weight is 401 g/mol. The topological polar surface area (TPSA) is 93.9 Å². The number of oxazole rings is 1. The number of carbonyl (C=O) groups is 2. The van der Waals surface area contributed by atoms with E-state index >= 15 is 0 Å². The summed E-state index contributed by atoms with van der Waals surface area (Å²) < 4.78 is 16.1.